The van der Waals surface area contributed by atoms with Gasteiger partial charge in [-0.05, 0) is 12.1 Å². The highest BCUT2D eigenvalue weighted by molar-refractivity contribution is 8.13. The van der Waals surface area contributed by atoms with Crippen molar-refractivity contribution >= 4 is 19.7 Å². The van der Waals surface area contributed by atoms with E-state index in [1.165, 1.54) is 12.1 Å². The van der Waals surface area contributed by atoms with Gasteiger partial charge in [0, 0.05) is 17.1 Å². The average molecular weight is 263 g/mol. The number of furan rings is 1. The molecule has 8 heteroatoms. The lowest BCUT2D eigenvalue weighted by Crippen LogP contribution is -1.85. The van der Waals surface area contributed by atoms with Gasteiger partial charge in [-0.2, -0.15) is 4.98 Å². The van der Waals surface area contributed by atoms with E-state index in [9.17, 15) is 8.42 Å². The summed E-state index contributed by atoms with van der Waals surface area (Å²) < 4.78 is 31.7. The molecular formula is C8H7ClN2O4S. The third-order valence-corrected chi connectivity index (χ3v) is 2.97. The van der Waals surface area contributed by atoms with Crippen LogP contribution in [0.2, 0.25) is 0 Å². The van der Waals surface area contributed by atoms with Crippen LogP contribution in [0, 0.1) is 0 Å². The maximum Gasteiger partial charge on any atom is 0.294 e. The Balaban J connectivity index is 2.39. The molecule has 0 amide bonds. The van der Waals surface area contributed by atoms with Crippen molar-refractivity contribution in [1.29, 1.82) is 0 Å². The molecule has 2 aromatic rings. The lowest BCUT2D eigenvalue weighted by atomic mass is 10.4. The van der Waals surface area contributed by atoms with Gasteiger partial charge in [0.25, 0.3) is 9.05 Å². The Bertz CT molecular complexity index is 601. The van der Waals surface area contributed by atoms with Crippen molar-refractivity contribution in [2.45, 2.75) is 18.4 Å². The van der Waals surface area contributed by atoms with Crippen molar-refractivity contribution in [1.82, 2.24) is 10.1 Å². The van der Waals surface area contributed by atoms with Gasteiger partial charge in [0.2, 0.25) is 16.8 Å². The van der Waals surface area contributed by atoms with Gasteiger partial charge in [0.05, 0.1) is 0 Å². The molecule has 0 spiro atoms. The number of aryl methyl sites for hydroxylation is 1. The van der Waals surface area contributed by atoms with E-state index in [4.69, 9.17) is 19.6 Å². The van der Waals surface area contributed by atoms with Crippen LogP contribution in [-0.4, -0.2) is 18.6 Å². The Hall–Kier alpha value is -1.34. The average Bonchev–Trinajstić information content (AvgIpc) is 2.85. The molecule has 0 aliphatic rings. The SMILES string of the molecule is CCc1nc(-c2ccc(S(=O)(=O)Cl)o2)no1. The maximum atomic E-state index is 10.9. The van der Waals surface area contributed by atoms with Crippen LogP contribution in [0.15, 0.2) is 26.2 Å². The molecule has 0 fully saturated rings. The fourth-order valence-electron chi connectivity index (χ4n) is 1.07. The summed E-state index contributed by atoms with van der Waals surface area (Å²) in [5, 5.41) is 3.29. The highest BCUT2D eigenvalue weighted by Gasteiger charge is 2.18. The summed E-state index contributed by atoms with van der Waals surface area (Å²) in [4.78, 5) is 3.98. The molecule has 0 unspecified atom stereocenters. The Morgan fingerprint density at radius 2 is 2.19 bits per heavy atom. The summed E-state index contributed by atoms with van der Waals surface area (Å²) in [6.45, 7) is 1.86. The third kappa shape index (κ3) is 2.10. The molecular weight excluding hydrogens is 256 g/mol. The van der Waals surface area contributed by atoms with Crippen molar-refractivity contribution in [2.75, 3.05) is 0 Å². The second-order valence-corrected chi connectivity index (χ2v) is 5.42. The Labute approximate surface area is 95.6 Å². The molecule has 0 N–H and O–H groups in total. The van der Waals surface area contributed by atoms with Gasteiger partial charge in [-0.25, -0.2) is 8.42 Å². The summed E-state index contributed by atoms with van der Waals surface area (Å²) in [6, 6.07) is 2.65. The van der Waals surface area contributed by atoms with E-state index in [0.717, 1.165) is 0 Å². The molecule has 0 saturated heterocycles. The normalized spacial score (nSPS) is 11.9. The first kappa shape index (κ1) is 11.2. The zero-order valence-corrected chi connectivity index (χ0v) is 9.75. The highest BCUT2D eigenvalue weighted by atomic mass is 35.7. The van der Waals surface area contributed by atoms with Crippen molar-refractivity contribution in [3.8, 4) is 11.6 Å². The number of nitrogens with zero attached hydrogens (tertiary/aromatic N) is 2. The quantitative estimate of drug-likeness (QED) is 0.784. The van der Waals surface area contributed by atoms with Gasteiger partial charge in [-0.15, -0.1) is 0 Å². The molecule has 86 valence electrons. The van der Waals surface area contributed by atoms with E-state index in [-0.39, 0.29) is 16.7 Å². The van der Waals surface area contributed by atoms with Crippen LogP contribution in [0.25, 0.3) is 11.6 Å². The van der Waals surface area contributed by atoms with E-state index in [0.29, 0.717) is 12.3 Å². The minimum atomic E-state index is -3.87. The number of hydrogen-bond donors (Lipinski definition) is 0. The van der Waals surface area contributed by atoms with Crippen molar-refractivity contribution < 1.29 is 17.4 Å². The van der Waals surface area contributed by atoms with E-state index in [1.54, 1.807) is 0 Å². The molecule has 0 radical (unpaired) electrons. The monoisotopic (exact) mass is 262 g/mol. The molecule has 0 bridgehead atoms. The fraction of sp³-hybridized carbons (Fsp3) is 0.250. The molecule has 6 nitrogen and oxygen atoms in total. The minimum absolute atomic E-state index is 0.197. The number of hydrogen-bond acceptors (Lipinski definition) is 6. The van der Waals surface area contributed by atoms with Crippen LogP contribution < -0.4 is 0 Å². The largest absolute Gasteiger partial charge is 0.440 e. The first-order chi connectivity index (χ1) is 7.50. The fourth-order valence-corrected chi connectivity index (χ4v) is 1.74. The smallest absolute Gasteiger partial charge is 0.294 e. The molecule has 0 atom stereocenters. The van der Waals surface area contributed by atoms with E-state index >= 15 is 0 Å². The number of rotatable bonds is 3. The van der Waals surface area contributed by atoms with Crippen LogP contribution in [-0.2, 0) is 15.5 Å². The van der Waals surface area contributed by atoms with Crippen molar-refractivity contribution in [3.05, 3.63) is 18.0 Å². The zero-order chi connectivity index (χ0) is 11.8. The molecule has 16 heavy (non-hydrogen) atoms. The Morgan fingerprint density at radius 1 is 1.44 bits per heavy atom. The molecule has 0 aliphatic heterocycles. The summed E-state index contributed by atoms with van der Waals surface area (Å²) in [6.07, 6.45) is 0.592. The minimum Gasteiger partial charge on any atom is -0.440 e. The highest BCUT2D eigenvalue weighted by Crippen LogP contribution is 2.24. The van der Waals surface area contributed by atoms with Gasteiger partial charge in [0.15, 0.2) is 5.76 Å². The number of aromatic nitrogens is 2. The second-order valence-electron chi connectivity index (χ2n) is 2.92. The number of halogens is 1. The Morgan fingerprint density at radius 3 is 2.69 bits per heavy atom. The third-order valence-electron chi connectivity index (χ3n) is 1.81. The van der Waals surface area contributed by atoms with Crippen molar-refractivity contribution in [2.24, 2.45) is 0 Å². The van der Waals surface area contributed by atoms with E-state index in [2.05, 4.69) is 10.1 Å². The predicted molar refractivity (Wildman–Crippen MR) is 54.4 cm³/mol. The van der Waals surface area contributed by atoms with Crippen LogP contribution in [0.1, 0.15) is 12.8 Å². The zero-order valence-electron chi connectivity index (χ0n) is 8.18. The van der Waals surface area contributed by atoms with Crippen molar-refractivity contribution in [3.63, 3.8) is 0 Å². The van der Waals surface area contributed by atoms with Crippen LogP contribution >= 0.6 is 10.7 Å². The second kappa shape index (κ2) is 3.91. The van der Waals surface area contributed by atoms with Crippen LogP contribution in [0.3, 0.4) is 0 Å². The summed E-state index contributed by atoms with van der Waals surface area (Å²) >= 11 is 0. The molecule has 0 saturated carbocycles. The molecule has 2 rings (SSSR count). The predicted octanol–water partition coefficient (Wildman–Crippen LogP) is 1.82. The first-order valence-corrected chi connectivity index (χ1v) is 6.69. The van der Waals surface area contributed by atoms with Gasteiger partial charge in [-0.1, -0.05) is 12.1 Å². The van der Waals surface area contributed by atoms with E-state index in [1.807, 2.05) is 6.92 Å². The molecule has 0 aromatic carbocycles. The van der Waals surface area contributed by atoms with Crippen LogP contribution in [0.4, 0.5) is 0 Å². The molecule has 0 aliphatic carbocycles. The maximum absolute atomic E-state index is 10.9. The van der Waals surface area contributed by atoms with Gasteiger partial charge in [-0.3, -0.25) is 0 Å². The summed E-state index contributed by atoms with van der Waals surface area (Å²) in [5.74, 6) is 0.841. The summed E-state index contributed by atoms with van der Waals surface area (Å²) in [5.41, 5.74) is 0. The van der Waals surface area contributed by atoms with Crippen LogP contribution in [0.5, 0.6) is 0 Å². The topological polar surface area (TPSA) is 86.2 Å². The lowest BCUT2D eigenvalue weighted by Gasteiger charge is -1.87. The van der Waals surface area contributed by atoms with Gasteiger partial charge < -0.3 is 8.94 Å². The Kier molecular flexibility index (Phi) is 2.73. The van der Waals surface area contributed by atoms with Gasteiger partial charge in [0.1, 0.15) is 0 Å². The molecule has 2 aromatic heterocycles. The van der Waals surface area contributed by atoms with E-state index < -0.39 is 9.05 Å². The lowest BCUT2D eigenvalue weighted by molar-refractivity contribution is 0.380. The first-order valence-electron chi connectivity index (χ1n) is 4.38. The van der Waals surface area contributed by atoms with Gasteiger partial charge >= 0.3 is 0 Å². The summed E-state index contributed by atoms with van der Waals surface area (Å²) in [7, 11) is 1.24. The standard InChI is InChI=1S/C8H7ClN2O4S/c1-2-6-10-8(11-15-6)5-3-4-7(14-5)16(9,12)13/h3-4H,2H2,1H3. The molecule has 2 heterocycles.